The van der Waals surface area contributed by atoms with Gasteiger partial charge in [0.1, 0.15) is 0 Å². The van der Waals surface area contributed by atoms with Gasteiger partial charge in [0.2, 0.25) is 0 Å². The van der Waals surface area contributed by atoms with Crippen molar-refractivity contribution in [2.45, 2.75) is 0 Å². The Morgan fingerprint density at radius 2 is 1.80 bits per heavy atom. The van der Waals surface area contributed by atoms with Crippen molar-refractivity contribution in [2.24, 2.45) is 0 Å². The molecular formula is CH2AsFeO2. The first-order chi connectivity index (χ1) is 1.73. The zero-order valence-electron chi connectivity index (χ0n) is 2.21. The van der Waals surface area contributed by atoms with Crippen molar-refractivity contribution in [1.82, 2.24) is 0 Å². The van der Waals surface area contributed by atoms with Crippen LogP contribution >= 0.6 is 0 Å². The van der Waals surface area contributed by atoms with Crippen molar-refractivity contribution >= 4 is 21.6 Å². The van der Waals surface area contributed by atoms with Crippen LogP contribution in [-0.4, -0.2) is 26.7 Å². The molecule has 0 aliphatic heterocycles. The average Bonchev–Trinajstić information content (AvgIpc) is 0.811. The molecule has 2 nitrogen and oxygen atoms in total. The second-order valence-corrected chi connectivity index (χ2v) is 1.20. The van der Waals surface area contributed by atoms with E-state index in [-0.39, 0.29) is 17.1 Å². The first kappa shape index (κ1) is 9.12. The average molecular weight is 177 g/mol. The number of rotatable bonds is 0. The van der Waals surface area contributed by atoms with E-state index in [2.05, 4.69) is 0 Å². The molecule has 0 atom stereocenters. The third-order valence-electron chi connectivity index (χ3n) is 0. The zero-order valence-corrected chi connectivity index (χ0v) is 5.41. The molecule has 1 radical (unpaired) electrons. The van der Waals surface area contributed by atoms with E-state index < -0.39 is 4.76 Å². The summed E-state index contributed by atoms with van der Waals surface area (Å²) < 4.78 is -0.833. The Bertz CT molecular complexity index is 32.6. The van der Waals surface area contributed by atoms with Crippen LogP contribution in [0.2, 0.25) is 0 Å². The number of carbonyl (C=O) groups is 1. The van der Waals surface area contributed by atoms with Crippen LogP contribution in [0.3, 0.4) is 0 Å². The molecule has 1 N–H and O–H groups in total. The maximum absolute atomic E-state index is 9.00. The fraction of sp³-hybridized carbons (Fsp3) is 0. The van der Waals surface area contributed by atoms with Crippen LogP contribution in [0.5, 0.6) is 0 Å². The van der Waals surface area contributed by atoms with Gasteiger partial charge in [-0.05, 0) is 0 Å². The van der Waals surface area contributed by atoms with Crippen LogP contribution in [0.15, 0.2) is 0 Å². The molecule has 0 fully saturated rings. The van der Waals surface area contributed by atoms with Gasteiger partial charge in [0.15, 0.2) is 0 Å². The molecule has 0 aromatic rings. The molecule has 5 heavy (non-hydrogen) atoms. The van der Waals surface area contributed by atoms with E-state index >= 15 is 0 Å². The van der Waals surface area contributed by atoms with Gasteiger partial charge in [-0.3, -0.25) is 0 Å². The molecule has 4 heteroatoms. The molecule has 0 aliphatic rings. The quantitative estimate of drug-likeness (QED) is 0.509. The summed E-state index contributed by atoms with van der Waals surface area (Å²) in [7, 11) is 0. The van der Waals surface area contributed by atoms with Gasteiger partial charge in [0.05, 0.1) is 0 Å². The van der Waals surface area contributed by atoms with E-state index in [0.717, 1.165) is 16.9 Å². The normalized spacial score (nSPS) is 5.00. The maximum Gasteiger partial charge on any atom is 0 e. The molecule has 0 aliphatic carbocycles. The summed E-state index contributed by atoms with van der Waals surface area (Å²) in [5, 5.41) is 7.42. The largest absolute Gasteiger partial charge is 0 e. The van der Waals surface area contributed by atoms with E-state index in [1.807, 2.05) is 0 Å². The third-order valence-corrected chi connectivity index (χ3v) is 0. The Kier molecular flexibility index (Phi) is 8.29. The summed E-state index contributed by atoms with van der Waals surface area (Å²) >= 11 is 1.08. The Hall–Kier alpha value is 0.548. The number of hydrogen-bond acceptors (Lipinski definition) is 1. The van der Waals surface area contributed by atoms with Gasteiger partial charge < -0.3 is 0 Å². The molecule has 31 valence electrons. The van der Waals surface area contributed by atoms with Gasteiger partial charge in [-0.25, -0.2) is 0 Å². The van der Waals surface area contributed by atoms with Crippen LogP contribution in [-0.2, 0) is 17.1 Å². The molecule has 0 aromatic heterocycles. The fourth-order valence-corrected chi connectivity index (χ4v) is 0. The van der Waals surface area contributed by atoms with E-state index in [9.17, 15) is 0 Å². The predicted molar refractivity (Wildman–Crippen MR) is 15.2 cm³/mol. The fourth-order valence-electron chi connectivity index (χ4n) is 0. The van der Waals surface area contributed by atoms with E-state index in [4.69, 9.17) is 9.90 Å². The summed E-state index contributed by atoms with van der Waals surface area (Å²) in [6, 6.07) is 0. The number of hydrogen-bond donors (Lipinski definition) is 1. The van der Waals surface area contributed by atoms with Crippen molar-refractivity contribution in [3.05, 3.63) is 0 Å². The van der Waals surface area contributed by atoms with Gasteiger partial charge in [-0.1, -0.05) is 0 Å². The summed E-state index contributed by atoms with van der Waals surface area (Å²) in [6.45, 7) is 0. The minimum absolute atomic E-state index is 0. The molecule has 0 bridgehead atoms. The molecule has 0 spiro atoms. The second kappa shape index (κ2) is 4.55. The van der Waals surface area contributed by atoms with Gasteiger partial charge >= 0.3 is 31.5 Å². The molecule has 0 saturated carbocycles. The molecule has 0 unspecified atom stereocenters. The molecule has 0 saturated heterocycles. The topological polar surface area (TPSA) is 37.3 Å². The minimum Gasteiger partial charge on any atom is 0 e. The van der Waals surface area contributed by atoms with Gasteiger partial charge in [-0.15, -0.1) is 0 Å². The Balaban J connectivity index is 0. The van der Waals surface area contributed by atoms with Crippen molar-refractivity contribution in [1.29, 1.82) is 0 Å². The second-order valence-electron chi connectivity index (χ2n) is 0.305. The first-order valence-electron chi connectivity index (χ1n) is 0.678. The van der Waals surface area contributed by atoms with Gasteiger partial charge in [-0.2, -0.15) is 0 Å². The van der Waals surface area contributed by atoms with E-state index in [1.54, 1.807) is 0 Å². The molecular weight excluding hydrogens is 175 g/mol. The summed E-state index contributed by atoms with van der Waals surface area (Å²) in [5.41, 5.74) is 0. The van der Waals surface area contributed by atoms with Gasteiger partial charge in [0, 0.05) is 17.1 Å². The maximum atomic E-state index is 9.00. The zero-order chi connectivity index (χ0) is 3.58. The number of carboxylic acid groups (broad SMARTS) is 1. The van der Waals surface area contributed by atoms with Crippen LogP contribution in [0.4, 0.5) is 4.79 Å². The van der Waals surface area contributed by atoms with E-state index in [0.29, 0.717) is 0 Å². The SMILES string of the molecule is O=C(O)[AsH].[Fe]. The Labute approximate surface area is 48.9 Å². The smallest absolute Gasteiger partial charge is 0 e. The van der Waals surface area contributed by atoms with Crippen molar-refractivity contribution in [3.63, 3.8) is 0 Å². The third kappa shape index (κ3) is 98.3. The standard InChI is InChI=1S/CH2AsO2.Fe/c2-1(3)4;/h2H,(H,3,4);. The van der Waals surface area contributed by atoms with Crippen LogP contribution in [0, 0.1) is 0 Å². The van der Waals surface area contributed by atoms with Crippen molar-refractivity contribution < 1.29 is 27.0 Å². The van der Waals surface area contributed by atoms with E-state index in [1.165, 1.54) is 0 Å². The Morgan fingerprint density at radius 1 is 1.80 bits per heavy atom. The van der Waals surface area contributed by atoms with Crippen LogP contribution in [0.1, 0.15) is 0 Å². The monoisotopic (exact) mass is 177 g/mol. The summed E-state index contributed by atoms with van der Waals surface area (Å²) in [6.07, 6.45) is 0. The van der Waals surface area contributed by atoms with Crippen LogP contribution < -0.4 is 0 Å². The van der Waals surface area contributed by atoms with Gasteiger partial charge in [0.25, 0.3) is 0 Å². The van der Waals surface area contributed by atoms with Crippen molar-refractivity contribution in [3.8, 4) is 0 Å². The summed E-state index contributed by atoms with van der Waals surface area (Å²) in [4.78, 5) is 9.00. The molecule has 0 heterocycles. The molecule has 0 amide bonds. The van der Waals surface area contributed by atoms with Crippen LogP contribution in [0.25, 0.3) is 0 Å². The molecule has 0 rings (SSSR count). The predicted octanol–water partition coefficient (Wildman–Crippen LogP) is -0.437. The molecule has 0 aromatic carbocycles. The summed E-state index contributed by atoms with van der Waals surface area (Å²) in [5.74, 6) is 0. The Morgan fingerprint density at radius 3 is 1.80 bits per heavy atom. The first-order valence-corrected chi connectivity index (χ1v) is 1.73. The van der Waals surface area contributed by atoms with Crippen molar-refractivity contribution in [2.75, 3.05) is 0 Å². The minimum atomic E-state index is -0.833.